The number of rotatable bonds is 5. The lowest BCUT2D eigenvalue weighted by atomic mass is 10.1. The summed E-state index contributed by atoms with van der Waals surface area (Å²) in [7, 11) is 1.70. The van der Waals surface area contributed by atoms with E-state index in [-0.39, 0.29) is 11.9 Å². The highest BCUT2D eigenvalue weighted by atomic mass is 16.5. The van der Waals surface area contributed by atoms with E-state index >= 15 is 0 Å². The molecule has 1 fully saturated rings. The van der Waals surface area contributed by atoms with E-state index in [0.717, 1.165) is 29.1 Å². The fourth-order valence-corrected chi connectivity index (χ4v) is 3.87. The van der Waals surface area contributed by atoms with E-state index in [0.29, 0.717) is 26.2 Å². The molecular weight excluding hydrogens is 366 g/mol. The van der Waals surface area contributed by atoms with E-state index in [2.05, 4.69) is 28.7 Å². The molecule has 0 unspecified atom stereocenters. The molecule has 4 rings (SSSR count). The SMILES string of the molecule is COCCn1c([C@@H]2CCN(C(=O)Nc3ccc(C)c(C)c3)C2)nc2cccnc21. The van der Waals surface area contributed by atoms with Crippen LogP contribution in [0.1, 0.15) is 29.3 Å². The van der Waals surface area contributed by atoms with Crippen LogP contribution in [0.5, 0.6) is 0 Å². The third kappa shape index (κ3) is 3.96. The molecule has 29 heavy (non-hydrogen) atoms. The van der Waals surface area contributed by atoms with Crippen LogP contribution >= 0.6 is 0 Å². The Hall–Kier alpha value is -2.93. The summed E-state index contributed by atoms with van der Waals surface area (Å²) in [4.78, 5) is 24.0. The van der Waals surface area contributed by atoms with Crippen molar-refractivity contribution in [2.24, 2.45) is 0 Å². The average Bonchev–Trinajstić information content (AvgIpc) is 3.34. The molecule has 0 bridgehead atoms. The molecule has 0 radical (unpaired) electrons. The number of carbonyl (C=O) groups is 1. The minimum Gasteiger partial charge on any atom is -0.383 e. The number of imidazole rings is 1. The first-order chi connectivity index (χ1) is 14.1. The van der Waals surface area contributed by atoms with Crippen molar-refractivity contribution in [3.63, 3.8) is 0 Å². The number of amides is 2. The number of ether oxygens (including phenoxy) is 1. The smallest absolute Gasteiger partial charge is 0.321 e. The van der Waals surface area contributed by atoms with Gasteiger partial charge in [0.05, 0.1) is 6.61 Å². The van der Waals surface area contributed by atoms with Gasteiger partial charge in [0.1, 0.15) is 11.3 Å². The first-order valence-electron chi connectivity index (χ1n) is 10.00. The van der Waals surface area contributed by atoms with Gasteiger partial charge in [-0.2, -0.15) is 0 Å². The summed E-state index contributed by atoms with van der Waals surface area (Å²) >= 11 is 0. The predicted molar refractivity (Wildman–Crippen MR) is 113 cm³/mol. The van der Waals surface area contributed by atoms with Crippen LogP contribution in [0.15, 0.2) is 36.5 Å². The van der Waals surface area contributed by atoms with Crippen molar-refractivity contribution >= 4 is 22.9 Å². The molecule has 0 saturated carbocycles. The second kappa shape index (κ2) is 8.21. The maximum absolute atomic E-state index is 12.8. The van der Waals surface area contributed by atoms with Crippen LogP contribution in [0.2, 0.25) is 0 Å². The molecule has 2 aromatic heterocycles. The van der Waals surface area contributed by atoms with Crippen LogP contribution in [-0.2, 0) is 11.3 Å². The Balaban J connectivity index is 1.50. The summed E-state index contributed by atoms with van der Waals surface area (Å²) in [6, 6.07) is 9.81. The highest BCUT2D eigenvalue weighted by Gasteiger charge is 2.31. The normalized spacial score (nSPS) is 16.5. The van der Waals surface area contributed by atoms with Gasteiger partial charge in [0.15, 0.2) is 5.65 Å². The fraction of sp³-hybridized carbons (Fsp3) is 0.409. The van der Waals surface area contributed by atoms with Gasteiger partial charge < -0.3 is 19.5 Å². The Morgan fingerprint density at radius 1 is 1.28 bits per heavy atom. The predicted octanol–water partition coefficient (Wildman–Crippen LogP) is 3.72. The van der Waals surface area contributed by atoms with E-state index in [1.165, 1.54) is 11.1 Å². The number of carbonyl (C=O) groups excluding carboxylic acids is 1. The zero-order chi connectivity index (χ0) is 20.4. The number of anilines is 1. The van der Waals surface area contributed by atoms with Gasteiger partial charge in [0.2, 0.25) is 0 Å². The molecule has 3 heterocycles. The quantitative estimate of drug-likeness (QED) is 0.717. The number of aromatic nitrogens is 3. The lowest BCUT2D eigenvalue weighted by Crippen LogP contribution is -2.33. The number of hydrogen-bond acceptors (Lipinski definition) is 4. The Morgan fingerprint density at radius 3 is 2.93 bits per heavy atom. The molecule has 7 nitrogen and oxygen atoms in total. The van der Waals surface area contributed by atoms with Gasteiger partial charge in [-0.05, 0) is 55.7 Å². The third-order valence-electron chi connectivity index (χ3n) is 5.65. The Bertz CT molecular complexity index is 1030. The van der Waals surface area contributed by atoms with E-state index in [1.54, 1.807) is 13.3 Å². The van der Waals surface area contributed by atoms with Gasteiger partial charge in [-0.25, -0.2) is 14.8 Å². The maximum atomic E-state index is 12.8. The fourth-order valence-electron chi connectivity index (χ4n) is 3.87. The molecule has 0 aliphatic carbocycles. The van der Waals surface area contributed by atoms with E-state index in [4.69, 9.17) is 9.72 Å². The van der Waals surface area contributed by atoms with Gasteiger partial charge in [-0.15, -0.1) is 0 Å². The highest BCUT2D eigenvalue weighted by Crippen LogP contribution is 2.29. The van der Waals surface area contributed by atoms with Crippen LogP contribution in [0.4, 0.5) is 10.5 Å². The van der Waals surface area contributed by atoms with Gasteiger partial charge in [0.25, 0.3) is 0 Å². The molecule has 1 aromatic carbocycles. The van der Waals surface area contributed by atoms with Gasteiger partial charge in [-0.1, -0.05) is 6.07 Å². The Kier molecular flexibility index (Phi) is 5.49. The summed E-state index contributed by atoms with van der Waals surface area (Å²) in [6.07, 6.45) is 2.67. The van der Waals surface area contributed by atoms with Gasteiger partial charge >= 0.3 is 6.03 Å². The first-order valence-corrected chi connectivity index (χ1v) is 10.00. The summed E-state index contributed by atoms with van der Waals surface area (Å²) in [5.74, 6) is 1.17. The molecule has 0 spiro atoms. The van der Waals surface area contributed by atoms with E-state index in [9.17, 15) is 4.79 Å². The molecule has 1 aliphatic rings. The number of benzene rings is 1. The minimum atomic E-state index is -0.0616. The lowest BCUT2D eigenvalue weighted by Gasteiger charge is -2.18. The molecule has 152 valence electrons. The second-order valence-electron chi connectivity index (χ2n) is 7.62. The van der Waals surface area contributed by atoms with Crippen LogP contribution in [0, 0.1) is 13.8 Å². The standard InChI is InChI=1S/C22H27N5O2/c1-15-6-7-18(13-16(15)2)24-22(28)26-10-8-17(14-26)20-25-19-5-4-9-23-21(19)27(20)11-12-29-3/h4-7,9,13,17H,8,10-12,14H2,1-3H3,(H,24,28)/t17-/m1/s1. The van der Waals surface area contributed by atoms with Crippen molar-refractivity contribution in [3.05, 3.63) is 53.5 Å². The van der Waals surface area contributed by atoms with Crippen LogP contribution in [0.25, 0.3) is 11.2 Å². The monoisotopic (exact) mass is 393 g/mol. The summed E-state index contributed by atoms with van der Waals surface area (Å²) in [5.41, 5.74) is 4.97. The van der Waals surface area contributed by atoms with Crippen molar-refractivity contribution < 1.29 is 9.53 Å². The summed E-state index contributed by atoms with van der Waals surface area (Å²) < 4.78 is 7.41. The molecule has 3 aromatic rings. The van der Waals surface area contributed by atoms with Crippen molar-refractivity contribution in [2.45, 2.75) is 32.7 Å². The van der Waals surface area contributed by atoms with Crippen LogP contribution < -0.4 is 5.32 Å². The largest absolute Gasteiger partial charge is 0.383 e. The second-order valence-corrected chi connectivity index (χ2v) is 7.62. The molecule has 1 atom stereocenters. The number of hydrogen-bond donors (Lipinski definition) is 1. The number of fused-ring (bicyclic) bond motifs is 1. The molecule has 1 aliphatic heterocycles. The number of pyridine rings is 1. The number of aryl methyl sites for hydroxylation is 2. The Morgan fingerprint density at radius 2 is 2.14 bits per heavy atom. The van der Waals surface area contributed by atoms with Crippen molar-refractivity contribution in [3.8, 4) is 0 Å². The van der Waals surface area contributed by atoms with Crippen molar-refractivity contribution in [1.29, 1.82) is 0 Å². The zero-order valence-electron chi connectivity index (χ0n) is 17.2. The van der Waals surface area contributed by atoms with Crippen molar-refractivity contribution in [2.75, 3.05) is 32.1 Å². The van der Waals surface area contributed by atoms with E-state index < -0.39 is 0 Å². The molecule has 7 heteroatoms. The number of nitrogens with zero attached hydrogens (tertiary/aromatic N) is 4. The first kappa shape index (κ1) is 19.4. The summed E-state index contributed by atoms with van der Waals surface area (Å²) in [6.45, 7) is 6.77. The number of urea groups is 1. The minimum absolute atomic E-state index is 0.0616. The van der Waals surface area contributed by atoms with Gasteiger partial charge in [0, 0.05) is 44.5 Å². The topological polar surface area (TPSA) is 72.3 Å². The van der Waals surface area contributed by atoms with Crippen LogP contribution in [0.3, 0.4) is 0 Å². The average molecular weight is 393 g/mol. The maximum Gasteiger partial charge on any atom is 0.321 e. The summed E-state index contributed by atoms with van der Waals surface area (Å²) in [5, 5.41) is 3.03. The number of nitrogens with one attached hydrogen (secondary N) is 1. The Labute approximate surface area is 170 Å². The molecular formula is C22H27N5O2. The van der Waals surface area contributed by atoms with Gasteiger partial charge in [-0.3, -0.25) is 0 Å². The van der Waals surface area contributed by atoms with Crippen molar-refractivity contribution in [1.82, 2.24) is 19.4 Å². The molecule has 2 amide bonds. The number of likely N-dealkylation sites (tertiary alicyclic amines) is 1. The van der Waals surface area contributed by atoms with E-state index in [1.807, 2.05) is 35.2 Å². The highest BCUT2D eigenvalue weighted by molar-refractivity contribution is 5.89. The number of methoxy groups -OCH3 is 1. The third-order valence-corrected chi connectivity index (χ3v) is 5.65. The zero-order valence-corrected chi connectivity index (χ0v) is 17.2. The molecule has 1 saturated heterocycles. The van der Waals surface area contributed by atoms with Crippen LogP contribution in [-0.4, -0.2) is 52.3 Å². The molecule has 1 N–H and O–H groups in total. The lowest BCUT2D eigenvalue weighted by molar-refractivity contribution is 0.186.